The summed E-state index contributed by atoms with van der Waals surface area (Å²) in [6.45, 7) is 2.15. The Morgan fingerprint density at radius 3 is 2.29 bits per heavy atom. The van der Waals surface area contributed by atoms with E-state index in [-0.39, 0.29) is 0 Å². The maximum atomic E-state index is 10.5. The first-order valence-corrected chi connectivity index (χ1v) is 5.18. The molecule has 0 aromatic carbocycles. The minimum atomic E-state index is -3.13. The molecule has 5 N–H and O–H groups in total. The first kappa shape index (κ1) is 16.0. The van der Waals surface area contributed by atoms with Crippen molar-refractivity contribution >= 4 is 14.2 Å². The molecular weight excluding hydrogens is 213 g/mol. The van der Waals surface area contributed by atoms with Gasteiger partial charge in [0.05, 0.1) is 6.61 Å². The molecule has 0 fully saturated rings. The van der Waals surface area contributed by atoms with Gasteiger partial charge in [-0.1, -0.05) is 0 Å². The molecule has 0 heterocycles. The number of esters is 1. The summed E-state index contributed by atoms with van der Waals surface area (Å²) in [5.41, 5.74) is 5.14. The Kier molecular flexibility index (Phi) is 12.1. The Morgan fingerprint density at radius 2 is 2.00 bits per heavy atom. The van der Waals surface area contributed by atoms with Crippen molar-refractivity contribution in [1.82, 2.24) is 0 Å². The van der Waals surface area contributed by atoms with Crippen molar-refractivity contribution in [3.8, 4) is 0 Å². The lowest BCUT2D eigenvalue weighted by molar-refractivity contribution is -0.152. The van der Waals surface area contributed by atoms with Gasteiger partial charge in [-0.2, -0.15) is 0 Å². The fourth-order valence-electron chi connectivity index (χ4n) is 0.377. The second kappa shape index (κ2) is 10.6. The van der Waals surface area contributed by atoms with Crippen LogP contribution in [0.25, 0.3) is 0 Å². The summed E-state index contributed by atoms with van der Waals surface area (Å²) in [5.74, 6) is -0.589. The number of carbonyl (C=O) groups is 1. The van der Waals surface area contributed by atoms with Crippen molar-refractivity contribution in [3.63, 3.8) is 0 Å². The molecule has 0 aliphatic heterocycles. The van der Waals surface area contributed by atoms with Crippen LogP contribution in [0.5, 0.6) is 0 Å². The zero-order chi connectivity index (χ0) is 11.6. The summed E-state index contributed by atoms with van der Waals surface area (Å²) in [7, 11) is -3.13. The Balaban J connectivity index is 0. The molecule has 0 spiro atoms. The van der Waals surface area contributed by atoms with Crippen LogP contribution in [0.1, 0.15) is 13.3 Å². The van der Waals surface area contributed by atoms with Crippen molar-refractivity contribution in [3.05, 3.63) is 0 Å². The van der Waals surface area contributed by atoms with Crippen LogP contribution in [0, 0.1) is 0 Å². The Bertz CT molecular complexity index is 170. The second-order valence-electron chi connectivity index (χ2n) is 2.27. The lowest BCUT2D eigenvalue weighted by Gasteiger charge is -2.04. The molecule has 0 saturated heterocycles. The van der Waals surface area contributed by atoms with E-state index >= 15 is 0 Å². The van der Waals surface area contributed by atoms with E-state index in [1.165, 1.54) is 6.92 Å². The van der Waals surface area contributed by atoms with E-state index in [1.54, 1.807) is 0 Å². The van der Waals surface area contributed by atoms with Crippen molar-refractivity contribution in [2.24, 2.45) is 5.73 Å². The lowest BCUT2D eigenvalue weighted by atomic mass is 10.4. The summed E-state index contributed by atoms with van der Waals surface area (Å²) in [4.78, 5) is 24.8. The first-order chi connectivity index (χ1) is 6.41. The number of nitrogens with two attached hydrogens (primary N) is 1. The maximum absolute atomic E-state index is 10.5. The summed E-state index contributed by atoms with van der Waals surface area (Å²) < 4.78 is 13.3. The highest BCUT2D eigenvalue weighted by atomic mass is 31.1. The van der Waals surface area contributed by atoms with Gasteiger partial charge in [-0.05, 0) is 19.9 Å². The standard InChI is InChI=1S/C6H13NO3.H3O3P/c1-5(8)6(9)10-4-2-3-7;1-4(2)3/h5,8H,2-4,7H2,1H3;4H,(H2,1,2,3). The molecule has 86 valence electrons. The minimum absolute atomic E-state index is 0.292. The van der Waals surface area contributed by atoms with Crippen molar-refractivity contribution in [1.29, 1.82) is 0 Å². The van der Waals surface area contributed by atoms with Crippen LogP contribution in [0.4, 0.5) is 0 Å². The van der Waals surface area contributed by atoms with Gasteiger partial charge in [0.2, 0.25) is 0 Å². The van der Waals surface area contributed by atoms with E-state index in [4.69, 9.17) is 25.2 Å². The van der Waals surface area contributed by atoms with Gasteiger partial charge >= 0.3 is 14.2 Å². The molecule has 1 unspecified atom stereocenters. The molecule has 0 aliphatic carbocycles. The molecule has 0 aliphatic rings. The van der Waals surface area contributed by atoms with Crippen LogP contribution in [-0.4, -0.2) is 40.1 Å². The predicted molar refractivity (Wildman–Crippen MR) is 49.8 cm³/mol. The topological polar surface area (TPSA) is 130 Å². The lowest BCUT2D eigenvalue weighted by Crippen LogP contribution is -2.20. The highest BCUT2D eigenvalue weighted by molar-refractivity contribution is 7.30. The largest absolute Gasteiger partial charge is 0.464 e. The number of hydrogen-bond acceptors (Lipinski definition) is 5. The van der Waals surface area contributed by atoms with Crippen molar-refractivity contribution in [2.45, 2.75) is 19.4 Å². The van der Waals surface area contributed by atoms with Crippen LogP contribution in [0.15, 0.2) is 0 Å². The molecule has 0 saturated carbocycles. The molecule has 0 bridgehead atoms. The Hall–Kier alpha value is -0.460. The van der Waals surface area contributed by atoms with E-state index in [2.05, 4.69) is 4.74 Å². The average Bonchev–Trinajstić information content (AvgIpc) is 2.03. The number of aliphatic hydroxyl groups excluding tert-OH is 1. The number of carbonyl (C=O) groups excluding carboxylic acids is 1. The van der Waals surface area contributed by atoms with E-state index in [0.717, 1.165) is 0 Å². The SMILES string of the molecule is CC(O)C(=O)OCCCN.O=[PH](O)O. The van der Waals surface area contributed by atoms with Gasteiger partial charge in [-0.3, -0.25) is 4.57 Å². The predicted octanol–water partition coefficient (Wildman–Crippen LogP) is -1.38. The summed E-state index contributed by atoms with van der Waals surface area (Å²) in [5, 5.41) is 8.61. The van der Waals surface area contributed by atoms with Gasteiger partial charge < -0.3 is 25.4 Å². The molecule has 0 aromatic rings. The van der Waals surface area contributed by atoms with E-state index in [0.29, 0.717) is 19.6 Å². The fraction of sp³-hybridized carbons (Fsp3) is 0.833. The van der Waals surface area contributed by atoms with Gasteiger partial charge in [0.1, 0.15) is 6.10 Å². The van der Waals surface area contributed by atoms with E-state index in [1.807, 2.05) is 0 Å². The molecule has 0 rings (SSSR count). The smallest absolute Gasteiger partial charge is 0.334 e. The fourth-order valence-corrected chi connectivity index (χ4v) is 0.377. The van der Waals surface area contributed by atoms with Crippen LogP contribution in [0.2, 0.25) is 0 Å². The highest BCUT2D eigenvalue weighted by Crippen LogP contribution is 1.98. The number of hydrogen-bond donors (Lipinski definition) is 4. The van der Waals surface area contributed by atoms with Gasteiger partial charge in [0, 0.05) is 0 Å². The third-order valence-electron chi connectivity index (χ3n) is 0.934. The average molecular weight is 229 g/mol. The molecular formula is C6H16NO6P. The molecule has 0 amide bonds. The Morgan fingerprint density at radius 1 is 1.57 bits per heavy atom. The van der Waals surface area contributed by atoms with Crippen molar-refractivity contribution in [2.75, 3.05) is 13.2 Å². The molecule has 0 radical (unpaired) electrons. The molecule has 8 heteroatoms. The monoisotopic (exact) mass is 229 g/mol. The number of ether oxygens (including phenoxy) is 1. The minimum Gasteiger partial charge on any atom is -0.464 e. The second-order valence-corrected chi connectivity index (χ2v) is 2.83. The third-order valence-corrected chi connectivity index (χ3v) is 0.934. The zero-order valence-corrected chi connectivity index (χ0v) is 8.84. The van der Waals surface area contributed by atoms with Gasteiger partial charge in [0.25, 0.3) is 0 Å². The molecule has 14 heavy (non-hydrogen) atoms. The summed E-state index contributed by atoms with van der Waals surface area (Å²) in [6, 6.07) is 0. The number of rotatable bonds is 4. The highest BCUT2D eigenvalue weighted by Gasteiger charge is 2.08. The van der Waals surface area contributed by atoms with Crippen molar-refractivity contribution < 1.29 is 29.0 Å². The molecule has 1 atom stereocenters. The van der Waals surface area contributed by atoms with Gasteiger partial charge in [-0.15, -0.1) is 0 Å². The third kappa shape index (κ3) is 17.6. The van der Waals surface area contributed by atoms with Gasteiger partial charge in [0.15, 0.2) is 0 Å². The van der Waals surface area contributed by atoms with Gasteiger partial charge in [-0.25, -0.2) is 4.79 Å². The van der Waals surface area contributed by atoms with Crippen LogP contribution < -0.4 is 5.73 Å². The van der Waals surface area contributed by atoms with E-state index < -0.39 is 20.3 Å². The summed E-state index contributed by atoms with van der Waals surface area (Å²) >= 11 is 0. The molecule has 0 aromatic heterocycles. The van der Waals surface area contributed by atoms with Crippen LogP contribution >= 0.6 is 8.25 Å². The van der Waals surface area contributed by atoms with Crippen LogP contribution in [-0.2, 0) is 14.1 Å². The zero-order valence-electron chi connectivity index (χ0n) is 7.84. The number of aliphatic hydroxyl groups is 1. The normalized spacial score (nSPS) is 11.6. The quantitative estimate of drug-likeness (QED) is 0.265. The maximum Gasteiger partial charge on any atom is 0.334 e. The first-order valence-electron chi connectivity index (χ1n) is 3.88. The van der Waals surface area contributed by atoms with E-state index in [9.17, 15) is 4.79 Å². The van der Waals surface area contributed by atoms with Crippen LogP contribution in [0.3, 0.4) is 0 Å². The molecule has 7 nitrogen and oxygen atoms in total. The summed E-state index contributed by atoms with van der Waals surface area (Å²) in [6.07, 6.45) is -0.392. The Labute approximate surface area is 82.4 Å².